The van der Waals surface area contributed by atoms with E-state index in [4.69, 9.17) is 0 Å². The zero-order valence-corrected chi connectivity index (χ0v) is 7.22. The third kappa shape index (κ3) is 33.3. The quantitative estimate of drug-likeness (QED) is 0.497. The van der Waals surface area contributed by atoms with Crippen molar-refractivity contribution in [1.29, 1.82) is 0 Å². The minimum atomic E-state index is 0.198. The zero-order valence-electron chi connectivity index (χ0n) is 5.22. The van der Waals surface area contributed by atoms with E-state index in [2.05, 4.69) is 23.8 Å². The summed E-state index contributed by atoms with van der Waals surface area (Å²) in [5, 5.41) is 0. The van der Waals surface area contributed by atoms with Gasteiger partial charge in [0.2, 0.25) is 10.5 Å². The highest BCUT2D eigenvalue weighted by Gasteiger charge is 1.73. The minimum Gasteiger partial charge on any atom is -0.422 e. The van der Waals surface area contributed by atoms with Crippen LogP contribution < -0.4 is 0 Å². The molecule has 0 atom stereocenters. The van der Waals surface area contributed by atoms with Crippen molar-refractivity contribution < 1.29 is 13.3 Å². The summed E-state index contributed by atoms with van der Waals surface area (Å²) in [6.45, 7) is 0. The van der Waals surface area contributed by atoms with Crippen LogP contribution in [-0.2, 0) is 13.3 Å². The second kappa shape index (κ2) is 15.7. The molecule has 0 aliphatic carbocycles. The molecule has 0 fully saturated rings. The van der Waals surface area contributed by atoms with Crippen molar-refractivity contribution in [3.8, 4) is 0 Å². The largest absolute Gasteiger partial charge is 0.432 e. The molecule has 0 aromatic rings. The topological polar surface area (TPSA) is 27.7 Å². The van der Waals surface area contributed by atoms with Gasteiger partial charge < -0.3 is 13.3 Å². The molecule has 0 amide bonds. The van der Waals surface area contributed by atoms with E-state index in [9.17, 15) is 0 Å². The van der Waals surface area contributed by atoms with Crippen LogP contribution >= 0.6 is 0 Å². The van der Waals surface area contributed by atoms with Crippen LogP contribution in [0.15, 0.2) is 0 Å². The van der Waals surface area contributed by atoms with Crippen molar-refractivity contribution in [3.05, 3.63) is 0 Å². The first kappa shape index (κ1) is 11.2. The Morgan fingerprint density at radius 2 is 1.38 bits per heavy atom. The van der Waals surface area contributed by atoms with E-state index in [0.29, 0.717) is 0 Å². The van der Waals surface area contributed by atoms with Gasteiger partial charge in [-0.2, -0.15) is 0 Å². The van der Waals surface area contributed by atoms with E-state index >= 15 is 0 Å². The first-order valence-electron chi connectivity index (χ1n) is 1.84. The van der Waals surface area contributed by atoms with Crippen LogP contribution in [-0.4, -0.2) is 41.8 Å². The molecule has 0 aliphatic heterocycles. The molecule has 47 valence electrons. The third-order valence-electron chi connectivity index (χ3n) is 0.167. The normalized spacial score (nSPS) is 7.50. The molecule has 0 N–H and O–H groups in total. The van der Waals surface area contributed by atoms with Crippen LogP contribution in [0.5, 0.6) is 0 Å². The predicted octanol–water partition coefficient (Wildman–Crippen LogP) is -0.470. The first-order chi connectivity index (χ1) is 3.83. The summed E-state index contributed by atoms with van der Waals surface area (Å²) in [5.41, 5.74) is 0. The fraction of sp³-hybridized carbons (Fsp3) is 1.00. The Balaban J connectivity index is 0. The fourth-order valence-electron chi connectivity index (χ4n) is 0.0833. The highest BCUT2D eigenvalue weighted by atomic mass is 28.3. The van der Waals surface area contributed by atoms with Gasteiger partial charge >= 0.3 is 10.0 Å². The maximum atomic E-state index is 4.50. The van der Waals surface area contributed by atoms with E-state index in [1.54, 1.807) is 14.2 Å². The fourth-order valence-corrected chi connectivity index (χ4v) is 0.250. The van der Waals surface area contributed by atoms with Crippen molar-refractivity contribution in [2.24, 2.45) is 0 Å². The molecular formula is C3H9O3Si2. The molecule has 5 heteroatoms. The Bertz CT molecular complexity index is 26.5. The van der Waals surface area contributed by atoms with E-state index < -0.39 is 0 Å². The van der Waals surface area contributed by atoms with Crippen molar-refractivity contribution in [2.75, 3.05) is 21.3 Å². The summed E-state index contributed by atoms with van der Waals surface area (Å²) in [5.74, 6) is 0. The van der Waals surface area contributed by atoms with E-state index in [1.807, 2.05) is 0 Å². The van der Waals surface area contributed by atoms with Crippen LogP contribution in [0, 0.1) is 0 Å². The van der Waals surface area contributed by atoms with Gasteiger partial charge in [0.15, 0.2) is 0 Å². The standard InChI is InChI=1S/C2H6O2Si.CH3OSi/c1-3-5-4-2;1-2-3/h1-2H3;1H3. The van der Waals surface area contributed by atoms with Gasteiger partial charge in [0.05, 0.1) is 0 Å². The molecule has 0 aliphatic rings. The molecule has 0 aromatic carbocycles. The third-order valence-corrected chi connectivity index (χ3v) is 0.500. The molecule has 0 saturated carbocycles. The molecule has 0 saturated heterocycles. The monoisotopic (exact) mass is 149 g/mol. The average molecular weight is 149 g/mol. The van der Waals surface area contributed by atoms with Crippen LogP contribution in [0.25, 0.3) is 0 Å². The smallest absolute Gasteiger partial charge is 0.422 e. The first-order valence-corrected chi connectivity index (χ1v) is 3.06. The van der Waals surface area contributed by atoms with Gasteiger partial charge in [-0.05, 0) is 0 Å². The van der Waals surface area contributed by atoms with E-state index in [0.717, 1.165) is 0 Å². The summed E-state index contributed by atoms with van der Waals surface area (Å²) in [7, 11) is 7.62. The Morgan fingerprint density at radius 1 is 1.12 bits per heavy atom. The van der Waals surface area contributed by atoms with Gasteiger partial charge in [-0.25, -0.2) is 0 Å². The van der Waals surface area contributed by atoms with Crippen molar-refractivity contribution >= 4 is 20.5 Å². The van der Waals surface area contributed by atoms with Gasteiger partial charge in [0.1, 0.15) is 0 Å². The highest BCUT2D eigenvalue weighted by molar-refractivity contribution is 6.17. The van der Waals surface area contributed by atoms with Crippen LogP contribution in [0.4, 0.5) is 0 Å². The molecule has 0 bridgehead atoms. The van der Waals surface area contributed by atoms with Crippen molar-refractivity contribution in [2.45, 2.75) is 0 Å². The van der Waals surface area contributed by atoms with Crippen LogP contribution in [0.3, 0.4) is 0 Å². The van der Waals surface area contributed by atoms with E-state index in [-0.39, 0.29) is 10.0 Å². The molecule has 8 heavy (non-hydrogen) atoms. The van der Waals surface area contributed by atoms with Gasteiger partial charge in [-0.3, -0.25) is 0 Å². The maximum Gasteiger partial charge on any atom is 0.432 e. The van der Waals surface area contributed by atoms with Gasteiger partial charge in [0.25, 0.3) is 0 Å². The average Bonchev–Trinajstić information content (AvgIpc) is 1.71. The Hall–Kier alpha value is 0.314. The summed E-state index contributed by atoms with van der Waals surface area (Å²) >= 11 is 0. The van der Waals surface area contributed by atoms with E-state index in [1.165, 1.54) is 7.11 Å². The minimum absolute atomic E-state index is 0.198. The number of hydrogen-bond acceptors (Lipinski definition) is 3. The summed E-state index contributed by atoms with van der Waals surface area (Å²) in [6.07, 6.45) is 0. The summed E-state index contributed by atoms with van der Waals surface area (Å²) < 4.78 is 13.0. The molecule has 5 radical (unpaired) electrons. The summed E-state index contributed by atoms with van der Waals surface area (Å²) in [6, 6.07) is 0. The SMILES string of the molecule is CO[Si].CO[Si]OC. The Labute approximate surface area is 55.9 Å². The molecule has 0 unspecified atom stereocenters. The Morgan fingerprint density at radius 3 is 1.38 bits per heavy atom. The number of hydrogen-bond donors (Lipinski definition) is 0. The Kier molecular flexibility index (Phi) is 21.8. The maximum absolute atomic E-state index is 4.50. The van der Waals surface area contributed by atoms with Gasteiger partial charge in [-0.1, -0.05) is 0 Å². The van der Waals surface area contributed by atoms with Crippen molar-refractivity contribution in [1.82, 2.24) is 0 Å². The summed E-state index contributed by atoms with van der Waals surface area (Å²) in [4.78, 5) is 0. The lowest BCUT2D eigenvalue weighted by molar-refractivity contribution is 0.309. The molecule has 0 rings (SSSR count). The number of rotatable bonds is 2. The molecule has 3 nitrogen and oxygen atoms in total. The highest BCUT2D eigenvalue weighted by Crippen LogP contribution is 1.55. The van der Waals surface area contributed by atoms with Crippen LogP contribution in [0.1, 0.15) is 0 Å². The lowest BCUT2D eigenvalue weighted by atomic mass is 11.8. The van der Waals surface area contributed by atoms with Gasteiger partial charge in [-0.15, -0.1) is 0 Å². The zero-order chi connectivity index (χ0) is 6.83. The predicted molar refractivity (Wildman–Crippen MR) is 32.5 cm³/mol. The molecular weight excluding hydrogens is 140 g/mol. The second-order valence-electron chi connectivity index (χ2n) is 0.696. The van der Waals surface area contributed by atoms with Gasteiger partial charge in [0, 0.05) is 21.3 Å². The van der Waals surface area contributed by atoms with Crippen molar-refractivity contribution in [3.63, 3.8) is 0 Å². The molecule has 0 spiro atoms. The molecule has 0 aromatic heterocycles. The lowest BCUT2D eigenvalue weighted by Crippen LogP contribution is -1.93. The van der Waals surface area contributed by atoms with Crippen LogP contribution in [0.2, 0.25) is 0 Å². The lowest BCUT2D eigenvalue weighted by Gasteiger charge is -1.82. The second-order valence-corrected chi connectivity index (χ2v) is 2.09. The molecule has 0 heterocycles.